The van der Waals surface area contributed by atoms with Crippen LogP contribution in [0.15, 0.2) is 42.5 Å². The van der Waals surface area contributed by atoms with Crippen LogP contribution in [0, 0.1) is 16.7 Å². The smallest absolute Gasteiger partial charge is 0.240 e. The number of anilines is 2. The Balaban J connectivity index is 1.71. The fourth-order valence-electron chi connectivity index (χ4n) is 2.59. The van der Waals surface area contributed by atoms with Gasteiger partial charge in [-0.3, -0.25) is 9.59 Å². The summed E-state index contributed by atoms with van der Waals surface area (Å²) in [7, 11) is 1.50. The van der Waals surface area contributed by atoms with Gasteiger partial charge in [-0.05, 0) is 49.2 Å². The molecule has 0 radical (unpaired) electrons. The van der Waals surface area contributed by atoms with E-state index in [9.17, 15) is 9.59 Å². The fraction of sp³-hybridized carbons (Fsp3) is 0.211. The Morgan fingerprint density at radius 2 is 1.77 bits per heavy atom. The standard InChI is InChI=1S/C19H16ClN3O3/c1-26-16-6-5-14(10-15(16)20)23-18(25)19(7-8-19)17(24)22-13-4-2-3-12(9-13)11-21/h2-6,9-10H,7-8H2,1H3,(H,22,24)(H,23,25). The number of nitriles is 1. The van der Waals surface area contributed by atoms with Crippen LogP contribution in [-0.2, 0) is 9.59 Å². The Morgan fingerprint density at radius 3 is 2.31 bits per heavy atom. The van der Waals surface area contributed by atoms with E-state index in [0.29, 0.717) is 40.6 Å². The molecule has 1 fully saturated rings. The quantitative estimate of drug-likeness (QED) is 0.788. The van der Waals surface area contributed by atoms with E-state index in [-0.39, 0.29) is 11.8 Å². The molecule has 0 heterocycles. The van der Waals surface area contributed by atoms with Crippen molar-refractivity contribution in [3.63, 3.8) is 0 Å². The van der Waals surface area contributed by atoms with Crippen LogP contribution in [0.25, 0.3) is 0 Å². The van der Waals surface area contributed by atoms with E-state index >= 15 is 0 Å². The van der Waals surface area contributed by atoms with E-state index < -0.39 is 5.41 Å². The predicted octanol–water partition coefficient (Wildman–Crippen LogP) is 3.58. The molecule has 0 aromatic heterocycles. The number of ether oxygens (including phenoxy) is 1. The number of halogens is 1. The molecule has 0 atom stereocenters. The summed E-state index contributed by atoms with van der Waals surface area (Å²) in [5, 5.41) is 14.8. The maximum absolute atomic E-state index is 12.6. The molecule has 2 aromatic carbocycles. The van der Waals surface area contributed by atoms with Crippen LogP contribution in [0.5, 0.6) is 5.75 Å². The summed E-state index contributed by atoms with van der Waals surface area (Å²) in [5.41, 5.74) is 0.312. The van der Waals surface area contributed by atoms with Gasteiger partial charge in [0.25, 0.3) is 0 Å². The zero-order chi connectivity index (χ0) is 18.7. The molecule has 3 rings (SSSR count). The van der Waals surface area contributed by atoms with Crippen molar-refractivity contribution in [1.29, 1.82) is 5.26 Å². The van der Waals surface area contributed by atoms with E-state index in [1.54, 1.807) is 42.5 Å². The Labute approximate surface area is 155 Å². The summed E-state index contributed by atoms with van der Waals surface area (Å²) in [6.45, 7) is 0. The number of nitrogens with one attached hydrogen (secondary N) is 2. The normalized spacial score (nSPS) is 14.0. The summed E-state index contributed by atoms with van der Waals surface area (Å²) < 4.78 is 5.08. The fourth-order valence-corrected chi connectivity index (χ4v) is 2.85. The molecule has 0 aliphatic heterocycles. The van der Waals surface area contributed by atoms with E-state index in [0.717, 1.165) is 0 Å². The minimum Gasteiger partial charge on any atom is -0.495 e. The number of benzene rings is 2. The average Bonchev–Trinajstić information content (AvgIpc) is 3.44. The number of carbonyl (C=O) groups is 2. The van der Waals surface area contributed by atoms with Gasteiger partial charge in [0, 0.05) is 11.4 Å². The maximum atomic E-state index is 12.6. The highest BCUT2D eigenvalue weighted by molar-refractivity contribution is 6.32. The highest BCUT2D eigenvalue weighted by atomic mass is 35.5. The van der Waals surface area contributed by atoms with Gasteiger partial charge in [0.05, 0.1) is 23.8 Å². The summed E-state index contributed by atoms with van der Waals surface area (Å²) in [6, 6.07) is 13.4. The van der Waals surface area contributed by atoms with Gasteiger partial charge in [-0.1, -0.05) is 17.7 Å². The molecule has 2 aromatic rings. The number of rotatable bonds is 5. The van der Waals surface area contributed by atoms with Gasteiger partial charge in [-0.25, -0.2) is 0 Å². The molecule has 7 heteroatoms. The third kappa shape index (κ3) is 3.48. The zero-order valence-electron chi connectivity index (χ0n) is 14.0. The minimum absolute atomic E-state index is 0.368. The number of carbonyl (C=O) groups excluding carboxylic acids is 2. The molecule has 0 unspecified atom stereocenters. The van der Waals surface area contributed by atoms with Crippen LogP contribution in [0.4, 0.5) is 11.4 Å². The first-order chi connectivity index (χ1) is 12.5. The zero-order valence-corrected chi connectivity index (χ0v) is 14.8. The molecular formula is C19H16ClN3O3. The second kappa shape index (κ2) is 7.06. The van der Waals surface area contributed by atoms with E-state index in [1.807, 2.05) is 6.07 Å². The van der Waals surface area contributed by atoms with Crippen LogP contribution in [0.1, 0.15) is 18.4 Å². The van der Waals surface area contributed by atoms with Gasteiger partial charge < -0.3 is 15.4 Å². The number of nitrogens with zero attached hydrogens (tertiary/aromatic N) is 1. The summed E-state index contributed by atoms with van der Waals surface area (Å²) >= 11 is 6.06. The lowest BCUT2D eigenvalue weighted by molar-refractivity contribution is -0.131. The van der Waals surface area contributed by atoms with Gasteiger partial charge in [0.2, 0.25) is 11.8 Å². The first kappa shape index (κ1) is 17.8. The minimum atomic E-state index is -1.10. The van der Waals surface area contributed by atoms with Crippen molar-refractivity contribution in [2.45, 2.75) is 12.8 Å². The molecule has 1 saturated carbocycles. The SMILES string of the molecule is COc1ccc(NC(=O)C2(C(=O)Nc3cccc(C#N)c3)CC2)cc1Cl. The number of hydrogen-bond donors (Lipinski definition) is 2. The summed E-state index contributed by atoms with van der Waals surface area (Å²) in [5.74, 6) is -0.265. The maximum Gasteiger partial charge on any atom is 0.240 e. The van der Waals surface area contributed by atoms with Gasteiger partial charge >= 0.3 is 0 Å². The van der Waals surface area contributed by atoms with Gasteiger partial charge in [-0.2, -0.15) is 5.26 Å². The van der Waals surface area contributed by atoms with Crippen LogP contribution in [0.2, 0.25) is 5.02 Å². The summed E-state index contributed by atoms with van der Waals surface area (Å²) in [4.78, 5) is 25.2. The van der Waals surface area contributed by atoms with E-state index in [4.69, 9.17) is 21.6 Å². The lowest BCUT2D eigenvalue weighted by Gasteiger charge is -2.16. The number of amides is 2. The topological polar surface area (TPSA) is 91.2 Å². The molecule has 0 spiro atoms. The lowest BCUT2D eigenvalue weighted by Crippen LogP contribution is -2.35. The second-order valence-corrected chi connectivity index (χ2v) is 6.44. The lowest BCUT2D eigenvalue weighted by atomic mass is 10.0. The number of methoxy groups -OCH3 is 1. The molecule has 0 bridgehead atoms. The highest BCUT2D eigenvalue weighted by Crippen LogP contribution is 2.47. The Kier molecular flexibility index (Phi) is 4.83. The second-order valence-electron chi connectivity index (χ2n) is 6.03. The monoisotopic (exact) mass is 369 g/mol. The molecule has 1 aliphatic rings. The van der Waals surface area contributed by atoms with Crippen LogP contribution < -0.4 is 15.4 Å². The molecular weight excluding hydrogens is 354 g/mol. The largest absolute Gasteiger partial charge is 0.495 e. The molecule has 2 amide bonds. The third-order valence-electron chi connectivity index (χ3n) is 4.28. The summed E-state index contributed by atoms with van der Waals surface area (Å²) in [6.07, 6.45) is 0.930. The van der Waals surface area contributed by atoms with E-state index in [2.05, 4.69) is 10.6 Å². The van der Waals surface area contributed by atoms with Crippen molar-refractivity contribution >= 4 is 34.8 Å². The third-order valence-corrected chi connectivity index (χ3v) is 4.57. The number of hydrogen-bond acceptors (Lipinski definition) is 4. The predicted molar refractivity (Wildman–Crippen MR) is 98.1 cm³/mol. The Hall–Kier alpha value is -3.04. The van der Waals surface area contributed by atoms with Crippen molar-refractivity contribution in [3.8, 4) is 11.8 Å². The van der Waals surface area contributed by atoms with E-state index in [1.165, 1.54) is 7.11 Å². The average molecular weight is 370 g/mol. The van der Waals surface area contributed by atoms with Crippen molar-refractivity contribution < 1.29 is 14.3 Å². The molecule has 1 aliphatic carbocycles. The molecule has 26 heavy (non-hydrogen) atoms. The van der Waals surface area contributed by atoms with Crippen LogP contribution in [-0.4, -0.2) is 18.9 Å². The van der Waals surface area contributed by atoms with Crippen LogP contribution >= 0.6 is 11.6 Å². The molecule has 132 valence electrons. The van der Waals surface area contributed by atoms with Crippen molar-refractivity contribution in [2.24, 2.45) is 5.41 Å². The van der Waals surface area contributed by atoms with Crippen LogP contribution in [0.3, 0.4) is 0 Å². The Bertz CT molecular complexity index is 916. The van der Waals surface area contributed by atoms with Crippen molar-refractivity contribution in [3.05, 3.63) is 53.1 Å². The van der Waals surface area contributed by atoms with Gasteiger partial charge in [0.1, 0.15) is 11.2 Å². The Morgan fingerprint density at radius 1 is 1.12 bits per heavy atom. The first-order valence-corrected chi connectivity index (χ1v) is 8.33. The van der Waals surface area contributed by atoms with Crippen molar-refractivity contribution in [2.75, 3.05) is 17.7 Å². The highest BCUT2D eigenvalue weighted by Gasteiger charge is 2.56. The van der Waals surface area contributed by atoms with Crippen molar-refractivity contribution in [1.82, 2.24) is 0 Å². The van der Waals surface area contributed by atoms with Gasteiger partial charge in [0.15, 0.2) is 0 Å². The van der Waals surface area contributed by atoms with Gasteiger partial charge in [-0.15, -0.1) is 0 Å². The molecule has 6 nitrogen and oxygen atoms in total. The first-order valence-electron chi connectivity index (χ1n) is 7.95. The molecule has 2 N–H and O–H groups in total. The molecule has 0 saturated heterocycles.